The van der Waals surface area contributed by atoms with Gasteiger partial charge in [0.2, 0.25) is 0 Å². The molecule has 0 saturated carbocycles. The van der Waals surface area contributed by atoms with Gasteiger partial charge in [0.15, 0.2) is 0 Å². The van der Waals surface area contributed by atoms with Crippen molar-refractivity contribution in [2.24, 2.45) is 5.41 Å². The molecule has 0 saturated heterocycles. The van der Waals surface area contributed by atoms with E-state index < -0.39 is 0 Å². The van der Waals surface area contributed by atoms with Gasteiger partial charge in [-0.1, -0.05) is 20.8 Å². The van der Waals surface area contributed by atoms with Gasteiger partial charge in [-0.3, -0.25) is 0 Å². The minimum atomic E-state index is 0.137. The molecule has 1 rings (SSSR count). The normalized spacial score (nSPS) is 11.4. The van der Waals surface area contributed by atoms with Crippen molar-refractivity contribution in [3.63, 3.8) is 0 Å². The molecule has 5 heteroatoms. The molecule has 0 atom stereocenters. The van der Waals surface area contributed by atoms with E-state index in [1.54, 1.807) is 0 Å². The van der Waals surface area contributed by atoms with Gasteiger partial charge < -0.3 is 15.7 Å². The summed E-state index contributed by atoms with van der Waals surface area (Å²) in [6.45, 7) is 10.4. The predicted octanol–water partition coefficient (Wildman–Crippen LogP) is 2.68. The first kappa shape index (κ1) is 16.7. The maximum Gasteiger partial charge on any atom is 0.132 e. The maximum absolute atomic E-state index is 8.93. The van der Waals surface area contributed by atoms with Gasteiger partial charge in [-0.25, -0.2) is 9.97 Å². The highest BCUT2D eigenvalue weighted by Crippen LogP contribution is 2.23. The molecule has 1 heterocycles. The number of rotatable bonds is 9. The van der Waals surface area contributed by atoms with E-state index in [1.807, 2.05) is 6.07 Å². The molecule has 1 aromatic rings. The highest BCUT2D eigenvalue weighted by Gasteiger charge is 2.17. The summed E-state index contributed by atoms with van der Waals surface area (Å²) in [6.07, 6.45) is 2.64. The third kappa shape index (κ3) is 5.74. The average molecular weight is 280 g/mol. The van der Waals surface area contributed by atoms with Gasteiger partial charge >= 0.3 is 0 Å². The number of aliphatic hydroxyl groups excluding tert-OH is 1. The molecule has 0 spiro atoms. The van der Waals surface area contributed by atoms with Crippen LogP contribution in [0.15, 0.2) is 6.07 Å². The van der Waals surface area contributed by atoms with Crippen LogP contribution in [0.2, 0.25) is 0 Å². The molecule has 0 fully saturated rings. The molecular formula is C15H28N4O. The van der Waals surface area contributed by atoms with Crippen LogP contribution in [0.4, 0.5) is 11.6 Å². The molecule has 0 aliphatic rings. The topological polar surface area (TPSA) is 70.1 Å². The van der Waals surface area contributed by atoms with Crippen molar-refractivity contribution in [3.8, 4) is 0 Å². The van der Waals surface area contributed by atoms with E-state index in [0.29, 0.717) is 0 Å². The molecule has 20 heavy (non-hydrogen) atoms. The number of aryl methyl sites for hydroxylation is 1. The molecule has 0 unspecified atom stereocenters. The second-order valence-corrected chi connectivity index (χ2v) is 5.78. The first-order valence-electron chi connectivity index (χ1n) is 7.47. The molecule has 0 radical (unpaired) electrons. The largest absolute Gasteiger partial charge is 0.396 e. The fourth-order valence-corrected chi connectivity index (χ4v) is 1.99. The van der Waals surface area contributed by atoms with E-state index in [4.69, 9.17) is 5.11 Å². The number of aliphatic hydroxyl groups is 1. The van der Waals surface area contributed by atoms with Gasteiger partial charge in [-0.15, -0.1) is 0 Å². The van der Waals surface area contributed by atoms with E-state index in [0.717, 1.165) is 49.8 Å². The fourth-order valence-electron chi connectivity index (χ4n) is 1.99. The van der Waals surface area contributed by atoms with Gasteiger partial charge in [0.25, 0.3) is 0 Å². The second-order valence-electron chi connectivity index (χ2n) is 5.78. The maximum atomic E-state index is 8.93. The first-order chi connectivity index (χ1) is 9.50. The summed E-state index contributed by atoms with van der Waals surface area (Å²) >= 11 is 0. The predicted molar refractivity (Wildman–Crippen MR) is 84.2 cm³/mol. The number of aromatic nitrogens is 2. The highest BCUT2D eigenvalue weighted by atomic mass is 16.2. The van der Waals surface area contributed by atoms with Crippen molar-refractivity contribution in [2.75, 3.05) is 30.3 Å². The lowest BCUT2D eigenvalue weighted by Crippen LogP contribution is -2.24. The summed E-state index contributed by atoms with van der Waals surface area (Å²) in [4.78, 5) is 8.95. The van der Waals surface area contributed by atoms with E-state index in [1.165, 1.54) is 0 Å². The van der Waals surface area contributed by atoms with Crippen molar-refractivity contribution in [2.45, 2.75) is 47.0 Å². The Bertz CT molecular complexity index is 407. The Labute approximate surface area is 122 Å². The van der Waals surface area contributed by atoms with E-state index >= 15 is 0 Å². The zero-order valence-electron chi connectivity index (χ0n) is 13.2. The first-order valence-corrected chi connectivity index (χ1v) is 7.47. The summed E-state index contributed by atoms with van der Waals surface area (Å²) in [5.41, 5.74) is 0.137. The van der Waals surface area contributed by atoms with Crippen LogP contribution in [-0.4, -0.2) is 34.8 Å². The van der Waals surface area contributed by atoms with E-state index in [-0.39, 0.29) is 12.0 Å². The van der Waals surface area contributed by atoms with E-state index in [2.05, 4.69) is 48.3 Å². The van der Waals surface area contributed by atoms with Gasteiger partial charge in [0.05, 0.1) is 0 Å². The van der Waals surface area contributed by atoms with Crippen LogP contribution in [0, 0.1) is 5.41 Å². The fraction of sp³-hybridized carbons (Fsp3) is 0.733. The quantitative estimate of drug-likeness (QED) is 0.649. The lowest BCUT2D eigenvalue weighted by atomic mass is 9.88. The number of nitrogens with zero attached hydrogens (tertiary/aromatic N) is 2. The average Bonchev–Trinajstić information content (AvgIpc) is 2.43. The molecule has 5 nitrogen and oxygen atoms in total. The van der Waals surface area contributed by atoms with Gasteiger partial charge in [-0.2, -0.15) is 0 Å². The molecule has 0 amide bonds. The standard InChI is InChI=1S/C15H28N4O/c1-5-12-18-13(16-6-2)10-14(19-12)17-11-15(3,4)8-7-9-20/h10,20H,5-9,11H2,1-4H3,(H2,16,17,18,19). The summed E-state index contributed by atoms with van der Waals surface area (Å²) < 4.78 is 0. The number of nitrogens with one attached hydrogen (secondary N) is 2. The van der Waals surface area contributed by atoms with Gasteiger partial charge in [0, 0.05) is 32.2 Å². The summed E-state index contributed by atoms with van der Waals surface area (Å²) in [6, 6.07) is 1.95. The highest BCUT2D eigenvalue weighted by molar-refractivity contribution is 5.47. The van der Waals surface area contributed by atoms with Crippen LogP contribution in [-0.2, 0) is 6.42 Å². The Morgan fingerprint density at radius 3 is 2.35 bits per heavy atom. The zero-order valence-corrected chi connectivity index (χ0v) is 13.2. The molecule has 0 bridgehead atoms. The molecule has 0 aliphatic heterocycles. The number of anilines is 2. The van der Waals surface area contributed by atoms with Crippen LogP contribution in [0.1, 0.15) is 46.4 Å². The third-order valence-electron chi connectivity index (χ3n) is 3.21. The minimum absolute atomic E-state index is 0.137. The molecular weight excluding hydrogens is 252 g/mol. The van der Waals surface area contributed by atoms with Crippen LogP contribution in [0.25, 0.3) is 0 Å². The number of hydrogen-bond donors (Lipinski definition) is 3. The van der Waals surface area contributed by atoms with Crippen molar-refractivity contribution >= 4 is 11.6 Å². The lowest BCUT2D eigenvalue weighted by Gasteiger charge is -2.25. The minimum Gasteiger partial charge on any atom is -0.396 e. The lowest BCUT2D eigenvalue weighted by molar-refractivity contribution is 0.248. The molecule has 0 aromatic carbocycles. The summed E-state index contributed by atoms with van der Waals surface area (Å²) in [5.74, 6) is 2.58. The molecule has 3 N–H and O–H groups in total. The molecule has 114 valence electrons. The van der Waals surface area contributed by atoms with Crippen LogP contribution in [0.3, 0.4) is 0 Å². The SMILES string of the molecule is CCNc1cc(NCC(C)(C)CCCO)nc(CC)n1. The Balaban J connectivity index is 2.68. The molecule has 1 aromatic heterocycles. The summed E-state index contributed by atoms with van der Waals surface area (Å²) in [5, 5.41) is 15.6. The van der Waals surface area contributed by atoms with Crippen molar-refractivity contribution < 1.29 is 5.11 Å². The van der Waals surface area contributed by atoms with Gasteiger partial charge in [-0.05, 0) is 25.2 Å². The Kier molecular flexibility index (Phi) is 6.71. The van der Waals surface area contributed by atoms with Crippen LogP contribution in [0.5, 0.6) is 0 Å². The number of hydrogen-bond acceptors (Lipinski definition) is 5. The third-order valence-corrected chi connectivity index (χ3v) is 3.21. The smallest absolute Gasteiger partial charge is 0.132 e. The van der Waals surface area contributed by atoms with Crippen LogP contribution < -0.4 is 10.6 Å². The van der Waals surface area contributed by atoms with Crippen molar-refractivity contribution in [3.05, 3.63) is 11.9 Å². The Morgan fingerprint density at radius 2 is 1.80 bits per heavy atom. The van der Waals surface area contributed by atoms with Crippen LogP contribution >= 0.6 is 0 Å². The van der Waals surface area contributed by atoms with Gasteiger partial charge in [0.1, 0.15) is 17.5 Å². The Hall–Kier alpha value is -1.36. The van der Waals surface area contributed by atoms with Crippen molar-refractivity contribution in [1.29, 1.82) is 0 Å². The van der Waals surface area contributed by atoms with Crippen molar-refractivity contribution in [1.82, 2.24) is 9.97 Å². The monoisotopic (exact) mass is 280 g/mol. The zero-order chi connectivity index (χ0) is 15.0. The second kappa shape index (κ2) is 8.04. The Morgan fingerprint density at radius 1 is 1.15 bits per heavy atom. The summed E-state index contributed by atoms with van der Waals surface area (Å²) in [7, 11) is 0. The van der Waals surface area contributed by atoms with E-state index in [9.17, 15) is 0 Å². The molecule has 0 aliphatic carbocycles.